The van der Waals surface area contributed by atoms with Crippen LogP contribution in [0.2, 0.25) is 0 Å². The average molecular weight is 359 g/mol. The second-order valence-electron chi connectivity index (χ2n) is 5.22. The number of alkyl halides is 3. The van der Waals surface area contributed by atoms with E-state index in [9.17, 15) is 18.0 Å². The Morgan fingerprint density at radius 1 is 0.923 bits per heavy atom. The number of rotatable bonds is 2. The van der Waals surface area contributed by atoms with Crippen molar-refractivity contribution in [2.75, 3.05) is 5.32 Å². The molecule has 1 N–H and O–H groups in total. The molecule has 7 heteroatoms. The number of pyridine rings is 2. The molecule has 1 amide bonds. The molecule has 0 atom stereocenters. The lowest BCUT2D eigenvalue weighted by Crippen LogP contribution is -2.14. The Labute approximate surface area is 148 Å². The van der Waals surface area contributed by atoms with Crippen molar-refractivity contribution in [2.45, 2.75) is 13.1 Å². The van der Waals surface area contributed by atoms with Crippen LogP contribution in [0.15, 0.2) is 73.1 Å². The Morgan fingerprint density at radius 2 is 1.62 bits per heavy atom. The molecule has 0 spiro atoms. The van der Waals surface area contributed by atoms with Crippen LogP contribution in [0.25, 0.3) is 0 Å². The van der Waals surface area contributed by atoms with Crippen molar-refractivity contribution in [2.24, 2.45) is 0 Å². The van der Waals surface area contributed by atoms with E-state index in [-0.39, 0.29) is 5.82 Å². The fourth-order valence-corrected chi connectivity index (χ4v) is 1.90. The van der Waals surface area contributed by atoms with Crippen molar-refractivity contribution in [3.8, 4) is 0 Å². The van der Waals surface area contributed by atoms with Gasteiger partial charge in [0.25, 0.3) is 5.91 Å². The van der Waals surface area contributed by atoms with Gasteiger partial charge in [-0.05, 0) is 43.3 Å². The van der Waals surface area contributed by atoms with Crippen LogP contribution in [0.5, 0.6) is 0 Å². The quantitative estimate of drug-likeness (QED) is 0.719. The minimum Gasteiger partial charge on any atom is -0.307 e. The summed E-state index contributed by atoms with van der Waals surface area (Å²) in [5.74, 6) is -0.642. The second-order valence-corrected chi connectivity index (χ2v) is 5.22. The summed E-state index contributed by atoms with van der Waals surface area (Å²) in [5, 5.41) is 2.32. The van der Waals surface area contributed by atoms with Gasteiger partial charge in [0.15, 0.2) is 0 Å². The van der Waals surface area contributed by atoms with Crippen LogP contribution in [0.4, 0.5) is 19.0 Å². The summed E-state index contributed by atoms with van der Waals surface area (Å²) < 4.78 is 37.5. The first kappa shape index (κ1) is 19.1. The van der Waals surface area contributed by atoms with Gasteiger partial charge in [0, 0.05) is 23.7 Å². The first-order chi connectivity index (χ1) is 12.4. The van der Waals surface area contributed by atoms with Crippen molar-refractivity contribution in [3.05, 3.63) is 89.9 Å². The lowest BCUT2D eigenvalue weighted by atomic mass is 10.2. The molecule has 0 aliphatic heterocycles. The van der Waals surface area contributed by atoms with Crippen LogP contribution in [-0.2, 0) is 6.18 Å². The van der Waals surface area contributed by atoms with Gasteiger partial charge in [-0.25, -0.2) is 4.98 Å². The number of benzene rings is 1. The molecule has 0 aliphatic carbocycles. The molecule has 0 saturated heterocycles. The number of nitrogens with one attached hydrogen (secondary N) is 1. The number of nitrogens with zero attached hydrogens (tertiary/aromatic N) is 2. The highest BCUT2D eigenvalue weighted by atomic mass is 19.4. The third-order valence-corrected chi connectivity index (χ3v) is 3.18. The molecule has 4 nitrogen and oxygen atoms in total. The van der Waals surface area contributed by atoms with Crippen LogP contribution >= 0.6 is 0 Å². The minimum atomic E-state index is -4.46. The lowest BCUT2D eigenvalue weighted by molar-refractivity contribution is -0.137. The highest BCUT2D eigenvalue weighted by Gasteiger charge is 2.30. The van der Waals surface area contributed by atoms with Gasteiger partial charge in [-0.1, -0.05) is 24.3 Å². The molecule has 0 fully saturated rings. The topological polar surface area (TPSA) is 54.9 Å². The lowest BCUT2D eigenvalue weighted by Gasteiger charge is -2.09. The highest BCUT2D eigenvalue weighted by molar-refractivity contribution is 6.03. The molecule has 0 bridgehead atoms. The number of anilines is 1. The van der Waals surface area contributed by atoms with Gasteiger partial charge in [-0.15, -0.1) is 0 Å². The van der Waals surface area contributed by atoms with E-state index in [1.165, 1.54) is 0 Å². The maximum atomic E-state index is 12.5. The molecule has 2 aromatic heterocycles. The second kappa shape index (κ2) is 8.75. The number of carbonyl (C=O) groups excluding carboxylic acids is 1. The van der Waals surface area contributed by atoms with E-state index in [4.69, 9.17) is 0 Å². The van der Waals surface area contributed by atoms with E-state index in [1.807, 2.05) is 25.1 Å². The summed E-state index contributed by atoms with van der Waals surface area (Å²) in [7, 11) is 0. The molecule has 0 radical (unpaired) electrons. The molecular formula is C19H16F3N3O. The summed E-state index contributed by atoms with van der Waals surface area (Å²) >= 11 is 0. The van der Waals surface area contributed by atoms with Crippen molar-refractivity contribution in [1.82, 2.24) is 9.97 Å². The normalized spacial score (nSPS) is 10.5. The fourth-order valence-electron chi connectivity index (χ4n) is 1.90. The van der Waals surface area contributed by atoms with Gasteiger partial charge in [-0.2, -0.15) is 13.2 Å². The van der Waals surface area contributed by atoms with E-state index in [0.717, 1.165) is 24.0 Å². The van der Waals surface area contributed by atoms with E-state index >= 15 is 0 Å². The maximum Gasteiger partial charge on any atom is 0.416 e. The van der Waals surface area contributed by atoms with Crippen LogP contribution in [0.3, 0.4) is 0 Å². The Balaban J connectivity index is 0.000000290. The zero-order chi connectivity index (χ0) is 19.0. The number of aromatic nitrogens is 2. The molecule has 3 rings (SSSR count). The zero-order valence-electron chi connectivity index (χ0n) is 13.9. The van der Waals surface area contributed by atoms with Crippen molar-refractivity contribution < 1.29 is 18.0 Å². The first-order valence-corrected chi connectivity index (χ1v) is 7.63. The van der Waals surface area contributed by atoms with Gasteiger partial charge in [0.1, 0.15) is 5.82 Å². The summed E-state index contributed by atoms with van der Waals surface area (Å²) in [4.78, 5) is 19.4. The third-order valence-electron chi connectivity index (χ3n) is 3.18. The Kier molecular flexibility index (Phi) is 6.43. The van der Waals surface area contributed by atoms with Crippen molar-refractivity contribution in [1.29, 1.82) is 0 Å². The van der Waals surface area contributed by atoms with E-state index < -0.39 is 17.6 Å². The smallest absolute Gasteiger partial charge is 0.307 e. The summed E-state index contributed by atoms with van der Waals surface area (Å²) in [6.45, 7) is 1.97. The first-order valence-electron chi connectivity index (χ1n) is 7.63. The largest absolute Gasteiger partial charge is 0.416 e. The number of aryl methyl sites for hydroxylation is 1. The molecule has 1 aromatic carbocycles. The monoisotopic (exact) mass is 359 g/mol. The third kappa shape index (κ3) is 6.01. The van der Waals surface area contributed by atoms with E-state index in [0.29, 0.717) is 5.56 Å². The van der Waals surface area contributed by atoms with Crippen LogP contribution < -0.4 is 5.32 Å². The predicted molar refractivity (Wildman–Crippen MR) is 92.6 cm³/mol. The Hall–Kier alpha value is -3.22. The Morgan fingerprint density at radius 3 is 2.15 bits per heavy atom. The SMILES string of the molecule is Cc1ccccn1.O=C(Nc1cc(C(F)(F)F)ccn1)c1ccccc1. The van der Waals surface area contributed by atoms with Gasteiger partial charge in [-0.3, -0.25) is 9.78 Å². The number of amides is 1. The molecular weight excluding hydrogens is 343 g/mol. The molecule has 3 aromatic rings. The number of hydrogen-bond acceptors (Lipinski definition) is 3. The molecule has 26 heavy (non-hydrogen) atoms. The Bertz CT molecular complexity index is 837. The highest BCUT2D eigenvalue weighted by Crippen LogP contribution is 2.29. The van der Waals surface area contributed by atoms with Gasteiger partial charge < -0.3 is 5.32 Å². The predicted octanol–water partition coefficient (Wildman–Crippen LogP) is 4.74. The van der Waals surface area contributed by atoms with E-state index in [2.05, 4.69) is 15.3 Å². The number of carbonyl (C=O) groups is 1. The van der Waals surface area contributed by atoms with Gasteiger partial charge in [0.2, 0.25) is 0 Å². The van der Waals surface area contributed by atoms with Crippen molar-refractivity contribution in [3.63, 3.8) is 0 Å². The van der Waals surface area contributed by atoms with Crippen molar-refractivity contribution >= 4 is 11.7 Å². The van der Waals surface area contributed by atoms with Crippen LogP contribution in [0, 0.1) is 6.92 Å². The zero-order valence-corrected chi connectivity index (χ0v) is 13.9. The standard InChI is InChI=1S/C13H9F3N2O.C6H7N/c14-13(15,16)10-6-7-17-11(8-10)18-12(19)9-4-2-1-3-5-9;1-6-4-2-3-5-7-6/h1-8H,(H,17,18,19);2-5H,1H3. The minimum absolute atomic E-state index is 0.135. The summed E-state index contributed by atoms with van der Waals surface area (Å²) in [6.07, 6.45) is -1.67. The average Bonchev–Trinajstić information content (AvgIpc) is 2.63. The summed E-state index contributed by atoms with van der Waals surface area (Å²) in [5.41, 5.74) is 0.565. The number of hydrogen-bond donors (Lipinski definition) is 1. The molecule has 134 valence electrons. The fraction of sp³-hybridized carbons (Fsp3) is 0.105. The van der Waals surface area contributed by atoms with Crippen LogP contribution in [-0.4, -0.2) is 15.9 Å². The number of halogens is 3. The van der Waals surface area contributed by atoms with E-state index in [1.54, 1.807) is 36.5 Å². The van der Waals surface area contributed by atoms with Crippen LogP contribution in [0.1, 0.15) is 21.6 Å². The summed E-state index contributed by atoms with van der Waals surface area (Å²) in [6, 6.07) is 15.7. The molecule has 0 saturated carbocycles. The molecule has 2 heterocycles. The van der Waals surface area contributed by atoms with Gasteiger partial charge >= 0.3 is 6.18 Å². The molecule has 0 aliphatic rings. The van der Waals surface area contributed by atoms with Gasteiger partial charge in [0.05, 0.1) is 5.56 Å². The maximum absolute atomic E-state index is 12.5. The molecule has 0 unspecified atom stereocenters.